The van der Waals surface area contributed by atoms with Crippen LogP contribution in [0.15, 0.2) is 85.1 Å². The highest BCUT2D eigenvalue weighted by atomic mass is 16.6. The minimum absolute atomic E-state index is 0.0772. The molecule has 1 atom stereocenters. The summed E-state index contributed by atoms with van der Waals surface area (Å²) < 4.78 is 10.7. The number of aliphatic hydroxyl groups is 1. The average molecular weight is 807 g/mol. The molecule has 0 rings (SSSR count). The topological polar surface area (TPSA) is 72.8 Å². The molecule has 0 aromatic rings. The minimum Gasteiger partial charge on any atom is -0.462 e. The molecule has 0 spiro atoms. The predicted molar refractivity (Wildman–Crippen MR) is 251 cm³/mol. The molecule has 58 heavy (non-hydrogen) atoms. The van der Waals surface area contributed by atoms with Crippen LogP contribution in [0.2, 0.25) is 0 Å². The molecule has 0 aliphatic carbocycles. The van der Waals surface area contributed by atoms with Crippen molar-refractivity contribution in [3.8, 4) is 0 Å². The standard InChI is InChI=1S/C53H90O5/c1-3-5-7-9-11-13-15-17-19-21-23-25-26-28-29-31-33-35-37-39-41-43-45-47-52(55)57-50-51(49-54)58-53(56)48-46-44-42-40-38-36-34-32-30-27-24-22-20-18-16-14-12-10-8-6-4-2/h6,8,12,14-15,17-18,20-21,23-24,26-28,51,54H,3-5,7,9-11,13,16,19,22,25,29-50H2,1-2H3/b8-6-,14-12-,17-15-,20-18-,23-21-,27-24-,28-26-. The lowest BCUT2D eigenvalue weighted by Gasteiger charge is -2.15. The van der Waals surface area contributed by atoms with Gasteiger partial charge in [-0.2, -0.15) is 0 Å². The molecule has 0 saturated carbocycles. The van der Waals surface area contributed by atoms with Crippen LogP contribution in [0.1, 0.15) is 219 Å². The third-order valence-electron chi connectivity index (χ3n) is 10.2. The van der Waals surface area contributed by atoms with Gasteiger partial charge in [-0.25, -0.2) is 0 Å². The van der Waals surface area contributed by atoms with E-state index in [-0.39, 0.29) is 25.2 Å². The molecule has 0 bridgehead atoms. The Labute approximate surface area is 358 Å². The highest BCUT2D eigenvalue weighted by molar-refractivity contribution is 5.70. The highest BCUT2D eigenvalue weighted by Gasteiger charge is 2.16. The predicted octanol–water partition coefficient (Wildman–Crippen LogP) is 15.9. The summed E-state index contributed by atoms with van der Waals surface area (Å²) in [6.45, 7) is 4.01. The van der Waals surface area contributed by atoms with Crippen LogP contribution in [-0.2, 0) is 19.1 Å². The number of aliphatic hydroxyl groups excluding tert-OH is 1. The van der Waals surface area contributed by atoms with Gasteiger partial charge in [0.1, 0.15) is 6.61 Å². The van der Waals surface area contributed by atoms with Crippen molar-refractivity contribution in [3.63, 3.8) is 0 Å². The first-order valence-corrected chi connectivity index (χ1v) is 24.1. The molecular weight excluding hydrogens is 717 g/mol. The van der Waals surface area contributed by atoms with E-state index in [4.69, 9.17) is 9.47 Å². The van der Waals surface area contributed by atoms with Gasteiger partial charge in [-0.05, 0) is 89.9 Å². The summed E-state index contributed by atoms with van der Waals surface area (Å²) in [6, 6.07) is 0. The maximum Gasteiger partial charge on any atom is 0.306 e. The van der Waals surface area contributed by atoms with Crippen molar-refractivity contribution < 1.29 is 24.2 Å². The number of ether oxygens (including phenoxy) is 2. The van der Waals surface area contributed by atoms with Crippen LogP contribution < -0.4 is 0 Å². The zero-order valence-electron chi connectivity index (χ0n) is 37.8. The summed E-state index contributed by atoms with van der Waals surface area (Å²) >= 11 is 0. The molecule has 0 amide bonds. The van der Waals surface area contributed by atoms with Crippen molar-refractivity contribution in [1.29, 1.82) is 0 Å². The van der Waals surface area contributed by atoms with Crippen molar-refractivity contribution in [3.05, 3.63) is 85.1 Å². The Hall–Kier alpha value is -2.92. The number of carbonyl (C=O) groups excluding carboxylic acids is 2. The zero-order chi connectivity index (χ0) is 42.1. The first-order chi connectivity index (χ1) is 28.6. The van der Waals surface area contributed by atoms with Gasteiger partial charge in [-0.15, -0.1) is 0 Å². The van der Waals surface area contributed by atoms with E-state index in [9.17, 15) is 14.7 Å². The third kappa shape index (κ3) is 45.8. The van der Waals surface area contributed by atoms with Gasteiger partial charge in [-0.1, -0.05) is 202 Å². The van der Waals surface area contributed by atoms with E-state index < -0.39 is 6.10 Å². The van der Waals surface area contributed by atoms with E-state index in [0.717, 1.165) is 83.5 Å². The van der Waals surface area contributed by atoms with Crippen molar-refractivity contribution in [2.45, 2.75) is 225 Å². The van der Waals surface area contributed by atoms with Crippen molar-refractivity contribution in [2.24, 2.45) is 0 Å². The average Bonchev–Trinajstić information content (AvgIpc) is 3.23. The molecule has 0 fully saturated rings. The van der Waals surface area contributed by atoms with Gasteiger partial charge in [0.25, 0.3) is 0 Å². The quantitative estimate of drug-likeness (QED) is 0.0377. The Morgan fingerprint density at radius 2 is 0.741 bits per heavy atom. The molecule has 0 aromatic carbocycles. The van der Waals surface area contributed by atoms with Crippen LogP contribution in [0.3, 0.4) is 0 Å². The van der Waals surface area contributed by atoms with Crippen LogP contribution in [0.25, 0.3) is 0 Å². The number of esters is 2. The fourth-order valence-electron chi connectivity index (χ4n) is 6.55. The van der Waals surface area contributed by atoms with Gasteiger partial charge in [-0.3, -0.25) is 9.59 Å². The first kappa shape index (κ1) is 55.1. The maximum atomic E-state index is 12.2. The number of rotatable bonds is 43. The lowest BCUT2D eigenvalue weighted by molar-refractivity contribution is -0.161. The van der Waals surface area contributed by atoms with Gasteiger partial charge in [0.05, 0.1) is 6.61 Å². The molecule has 5 nitrogen and oxygen atoms in total. The van der Waals surface area contributed by atoms with Crippen LogP contribution in [0.4, 0.5) is 0 Å². The Balaban J connectivity index is 3.57. The maximum absolute atomic E-state index is 12.2. The summed E-state index contributed by atoms with van der Waals surface area (Å²) in [6.07, 6.45) is 66.6. The number of hydrogen-bond donors (Lipinski definition) is 1. The summed E-state index contributed by atoms with van der Waals surface area (Å²) in [5.74, 6) is -0.610. The molecule has 0 heterocycles. The monoisotopic (exact) mass is 807 g/mol. The second kappa shape index (κ2) is 48.4. The van der Waals surface area contributed by atoms with Crippen LogP contribution >= 0.6 is 0 Å². The second-order valence-corrected chi connectivity index (χ2v) is 15.8. The zero-order valence-corrected chi connectivity index (χ0v) is 37.8. The van der Waals surface area contributed by atoms with Gasteiger partial charge in [0.15, 0.2) is 6.10 Å². The molecule has 1 unspecified atom stereocenters. The van der Waals surface area contributed by atoms with Gasteiger partial charge < -0.3 is 14.6 Å². The third-order valence-corrected chi connectivity index (χ3v) is 10.2. The fraction of sp³-hybridized carbons (Fsp3) is 0.698. The van der Waals surface area contributed by atoms with Crippen LogP contribution in [0, 0.1) is 0 Å². The largest absolute Gasteiger partial charge is 0.462 e. The second-order valence-electron chi connectivity index (χ2n) is 15.8. The molecule has 0 radical (unpaired) electrons. The van der Waals surface area contributed by atoms with Gasteiger partial charge in [0.2, 0.25) is 0 Å². The molecule has 5 heteroatoms. The fourth-order valence-corrected chi connectivity index (χ4v) is 6.55. The lowest BCUT2D eigenvalue weighted by atomic mass is 10.1. The Morgan fingerprint density at radius 1 is 0.414 bits per heavy atom. The molecule has 0 aliphatic rings. The lowest BCUT2D eigenvalue weighted by Crippen LogP contribution is -2.28. The van der Waals surface area contributed by atoms with Gasteiger partial charge >= 0.3 is 11.9 Å². The first-order valence-electron chi connectivity index (χ1n) is 24.1. The summed E-state index contributed by atoms with van der Waals surface area (Å²) in [4.78, 5) is 24.4. The summed E-state index contributed by atoms with van der Waals surface area (Å²) in [5.41, 5.74) is 0. The van der Waals surface area contributed by atoms with E-state index >= 15 is 0 Å². The molecule has 0 aromatic heterocycles. The van der Waals surface area contributed by atoms with E-state index in [1.165, 1.54) is 109 Å². The van der Waals surface area contributed by atoms with Crippen molar-refractivity contribution in [2.75, 3.05) is 13.2 Å². The van der Waals surface area contributed by atoms with Crippen LogP contribution in [0.5, 0.6) is 0 Å². The molecular formula is C53H90O5. The number of carbonyl (C=O) groups is 2. The Morgan fingerprint density at radius 3 is 1.12 bits per heavy atom. The minimum atomic E-state index is -0.785. The number of unbranched alkanes of at least 4 members (excludes halogenated alkanes) is 21. The molecule has 332 valence electrons. The SMILES string of the molecule is CC/C=C\C/C=C\C/C=C\C/C=C\CCCCCCCCCCC(=O)OC(CO)COC(=O)CCCCCCCCCC/C=C\C/C=C\C/C=C\CCCCCCC. The Kier molecular flexibility index (Phi) is 46.0. The summed E-state index contributed by atoms with van der Waals surface area (Å²) in [7, 11) is 0. The van der Waals surface area contributed by atoms with Crippen LogP contribution in [-0.4, -0.2) is 36.4 Å². The van der Waals surface area contributed by atoms with Crippen molar-refractivity contribution in [1.82, 2.24) is 0 Å². The van der Waals surface area contributed by atoms with Crippen molar-refractivity contribution >= 4 is 11.9 Å². The van der Waals surface area contributed by atoms with E-state index in [2.05, 4.69) is 98.9 Å². The number of allylic oxidation sites excluding steroid dienone is 14. The van der Waals surface area contributed by atoms with E-state index in [0.29, 0.717) is 12.8 Å². The van der Waals surface area contributed by atoms with Gasteiger partial charge in [0, 0.05) is 12.8 Å². The van der Waals surface area contributed by atoms with E-state index in [1.54, 1.807) is 0 Å². The Bertz CT molecular complexity index is 1090. The normalized spacial score (nSPS) is 12.9. The summed E-state index contributed by atoms with van der Waals surface area (Å²) in [5, 5.41) is 9.61. The molecule has 0 aliphatic heterocycles. The molecule has 0 saturated heterocycles. The van der Waals surface area contributed by atoms with E-state index in [1.807, 2.05) is 0 Å². The highest BCUT2D eigenvalue weighted by Crippen LogP contribution is 2.14. The number of hydrogen-bond acceptors (Lipinski definition) is 5. The molecule has 1 N–H and O–H groups in total. The smallest absolute Gasteiger partial charge is 0.306 e.